The average Bonchev–Trinajstić information content (AvgIpc) is 3.09. The predicted molar refractivity (Wildman–Crippen MR) is 120 cm³/mol. The Hall–Kier alpha value is -2.38. The Morgan fingerprint density at radius 2 is 1.86 bits per heavy atom. The Morgan fingerprint density at radius 1 is 1.17 bits per heavy atom. The maximum Gasteiger partial charge on any atom is 0.252 e. The van der Waals surface area contributed by atoms with E-state index in [1.807, 2.05) is 44.2 Å². The Bertz CT molecular complexity index is 981. The molecule has 7 heteroatoms. The molecule has 5 nitrogen and oxygen atoms in total. The van der Waals surface area contributed by atoms with Crippen LogP contribution in [-0.4, -0.2) is 22.3 Å². The largest absolute Gasteiger partial charge is 0.368 e. The number of thiazole rings is 1. The summed E-state index contributed by atoms with van der Waals surface area (Å²) < 4.78 is 2.21. The molecule has 29 heavy (non-hydrogen) atoms. The third-order valence-electron chi connectivity index (χ3n) is 4.60. The summed E-state index contributed by atoms with van der Waals surface area (Å²) in [5.41, 5.74) is 7.10. The van der Waals surface area contributed by atoms with E-state index in [0.29, 0.717) is 12.0 Å². The van der Waals surface area contributed by atoms with Gasteiger partial charge < -0.3 is 11.1 Å². The number of carbonyl (C=O) groups excluding carboxylic acids is 2. The number of para-hydroxylation sites is 1. The van der Waals surface area contributed by atoms with E-state index in [9.17, 15) is 9.59 Å². The number of nitrogens with zero attached hydrogens (tertiary/aromatic N) is 1. The van der Waals surface area contributed by atoms with Gasteiger partial charge in [0.15, 0.2) is 4.34 Å². The fraction of sp³-hybridized carbons (Fsp3) is 0.318. The molecule has 0 spiro atoms. The normalized spacial score (nSPS) is 13.4. The number of carbonyl (C=O) groups is 2. The molecule has 0 aliphatic carbocycles. The summed E-state index contributed by atoms with van der Waals surface area (Å²) in [4.78, 5) is 29.1. The molecule has 1 heterocycles. The first-order valence-electron chi connectivity index (χ1n) is 9.46. The van der Waals surface area contributed by atoms with E-state index in [-0.39, 0.29) is 11.8 Å². The summed E-state index contributed by atoms with van der Waals surface area (Å²) in [5.74, 6) is 0.184. The fourth-order valence-electron chi connectivity index (χ4n) is 3.16. The lowest BCUT2D eigenvalue weighted by Gasteiger charge is -2.29. The first kappa shape index (κ1) is 21.3. The summed E-state index contributed by atoms with van der Waals surface area (Å²) in [6, 6.07) is 15.5. The quantitative estimate of drug-likeness (QED) is 0.514. The zero-order valence-electron chi connectivity index (χ0n) is 16.8. The molecule has 3 N–H and O–H groups in total. The molecule has 3 rings (SSSR count). The zero-order chi connectivity index (χ0) is 21.0. The molecule has 0 radical (unpaired) electrons. The van der Waals surface area contributed by atoms with Gasteiger partial charge in [-0.15, -0.1) is 11.3 Å². The van der Waals surface area contributed by atoms with Gasteiger partial charge in [-0.1, -0.05) is 49.9 Å². The van der Waals surface area contributed by atoms with Gasteiger partial charge in [0.05, 0.1) is 10.2 Å². The lowest BCUT2D eigenvalue weighted by molar-refractivity contribution is -0.124. The van der Waals surface area contributed by atoms with E-state index in [0.717, 1.165) is 21.2 Å². The van der Waals surface area contributed by atoms with Gasteiger partial charge in [-0.3, -0.25) is 9.59 Å². The van der Waals surface area contributed by atoms with Gasteiger partial charge in [-0.05, 0) is 49.1 Å². The highest BCUT2D eigenvalue weighted by atomic mass is 32.2. The number of nitrogens with one attached hydrogen (secondary N) is 1. The van der Waals surface area contributed by atoms with Crippen molar-refractivity contribution in [3.63, 3.8) is 0 Å². The number of nitrogens with two attached hydrogens (primary N) is 1. The van der Waals surface area contributed by atoms with E-state index in [2.05, 4.69) is 16.4 Å². The summed E-state index contributed by atoms with van der Waals surface area (Å²) >= 11 is 3.36. The van der Waals surface area contributed by atoms with Crippen molar-refractivity contribution in [3.8, 4) is 0 Å². The van der Waals surface area contributed by atoms with Crippen LogP contribution in [0.2, 0.25) is 0 Å². The minimum absolute atomic E-state index is 0.231. The number of hydrogen-bond acceptors (Lipinski definition) is 5. The molecule has 0 aliphatic rings. The van der Waals surface area contributed by atoms with Crippen LogP contribution < -0.4 is 11.1 Å². The van der Waals surface area contributed by atoms with Crippen LogP contribution >= 0.6 is 23.1 Å². The molecule has 2 aromatic carbocycles. The van der Waals surface area contributed by atoms with Crippen molar-refractivity contribution in [3.05, 3.63) is 59.7 Å². The Labute approximate surface area is 179 Å². The molecule has 1 atom stereocenters. The van der Waals surface area contributed by atoms with E-state index >= 15 is 0 Å². The van der Waals surface area contributed by atoms with Crippen molar-refractivity contribution in [1.82, 2.24) is 10.3 Å². The molecule has 3 aromatic rings. The maximum absolute atomic E-state index is 12.6. The zero-order valence-corrected chi connectivity index (χ0v) is 18.4. The summed E-state index contributed by atoms with van der Waals surface area (Å²) in [5, 5.41) is 2.81. The second-order valence-electron chi connectivity index (χ2n) is 7.68. The standard InChI is InChI=1S/C22H25N3O2S2/c1-14(2)12-22(3,20(23)27)25-19(26)16-10-8-15(9-11-16)13-28-21-24-17-6-4-5-7-18(17)29-21/h4-11,14H,12-13H2,1-3H3,(H2,23,27)(H,25,26). The lowest BCUT2D eigenvalue weighted by atomic mass is 9.89. The first-order valence-corrected chi connectivity index (χ1v) is 11.3. The molecule has 0 aliphatic heterocycles. The van der Waals surface area contributed by atoms with Gasteiger partial charge in [0.25, 0.3) is 5.91 Å². The SMILES string of the molecule is CC(C)CC(C)(NC(=O)c1ccc(CSc2nc3ccccc3s2)cc1)C(N)=O. The monoisotopic (exact) mass is 427 g/mol. The van der Waals surface area contributed by atoms with Crippen LogP contribution in [0.5, 0.6) is 0 Å². The van der Waals surface area contributed by atoms with Gasteiger partial charge in [0.1, 0.15) is 5.54 Å². The van der Waals surface area contributed by atoms with Crippen LogP contribution in [0.25, 0.3) is 10.2 Å². The third-order valence-corrected chi connectivity index (χ3v) is 6.85. The van der Waals surface area contributed by atoms with E-state index in [1.54, 1.807) is 42.2 Å². The minimum atomic E-state index is -1.06. The number of hydrogen-bond donors (Lipinski definition) is 2. The molecule has 0 saturated carbocycles. The third kappa shape index (κ3) is 5.36. The van der Waals surface area contributed by atoms with Crippen molar-refractivity contribution >= 4 is 45.1 Å². The molecular formula is C22H25N3O2S2. The number of benzene rings is 2. The summed E-state index contributed by atoms with van der Waals surface area (Å²) in [6.07, 6.45) is 0.491. The summed E-state index contributed by atoms with van der Waals surface area (Å²) in [6.45, 7) is 5.66. The molecule has 0 saturated heterocycles. The number of rotatable bonds is 8. The van der Waals surface area contributed by atoms with Crippen LogP contribution in [0.15, 0.2) is 52.9 Å². The van der Waals surface area contributed by atoms with Gasteiger partial charge in [-0.2, -0.15) is 0 Å². The molecule has 1 aromatic heterocycles. The second-order valence-corrected chi connectivity index (χ2v) is 9.93. The van der Waals surface area contributed by atoms with Gasteiger partial charge in [0.2, 0.25) is 5.91 Å². The minimum Gasteiger partial charge on any atom is -0.368 e. The van der Waals surface area contributed by atoms with Gasteiger partial charge >= 0.3 is 0 Å². The van der Waals surface area contributed by atoms with Gasteiger partial charge in [-0.25, -0.2) is 4.98 Å². The second kappa shape index (κ2) is 8.97. The van der Waals surface area contributed by atoms with Crippen LogP contribution in [-0.2, 0) is 10.5 Å². The van der Waals surface area contributed by atoms with E-state index in [1.165, 1.54) is 4.70 Å². The smallest absolute Gasteiger partial charge is 0.252 e. The van der Waals surface area contributed by atoms with Crippen LogP contribution in [0.4, 0.5) is 0 Å². The molecule has 2 amide bonds. The van der Waals surface area contributed by atoms with Crippen molar-refractivity contribution in [2.45, 2.75) is 42.8 Å². The van der Waals surface area contributed by atoms with Crippen molar-refractivity contribution < 1.29 is 9.59 Å². The van der Waals surface area contributed by atoms with E-state index in [4.69, 9.17) is 5.73 Å². The highest BCUT2D eigenvalue weighted by Crippen LogP contribution is 2.31. The number of fused-ring (bicyclic) bond motifs is 1. The Morgan fingerprint density at radius 3 is 2.48 bits per heavy atom. The topological polar surface area (TPSA) is 85.1 Å². The van der Waals surface area contributed by atoms with Gasteiger partial charge in [0, 0.05) is 11.3 Å². The maximum atomic E-state index is 12.6. The van der Waals surface area contributed by atoms with Crippen molar-refractivity contribution in [2.75, 3.05) is 0 Å². The number of amides is 2. The first-order chi connectivity index (χ1) is 13.8. The molecule has 0 fully saturated rings. The van der Waals surface area contributed by atoms with Crippen LogP contribution in [0, 0.1) is 5.92 Å². The molecular weight excluding hydrogens is 402 g/mol. The number of thioether (sulfide) groups is 1. The van der Waals surface area contributed by atoms with Crippen LogP contribution in [0.1, 0.15) is 43.1 Å². The van der Waals surface area contributed by atoms with Crippen molar-refractivity contribution in [1.29, 1.82) is 0 Å². The Balaban J connectivity index is 1.62. The van der Waals surface area contributed by atoms with E-state index < -0.39 is 11.4 Å². The van der Waals surface area contributed by atoms with Crippen LogP contribution in [0.3, 0.4) is 0 Å². The number of aromatic nitrogens is 1. The highest BCUT2D eigenvalue weighted by molar-refractivity contribution is 8.00. The highest BCUT2D eigenvalue weighted by Gasteiger charge is 2.33. The predicted octanol–water partition coefficient (Wildman–Crippen LogP) is 4.61. The Kier molecular flexibility index (Phi) is 6.59. The fourth-order valence-corrected chi connectivity index (χ4v) is 5.19. The molecule has 1 unspecified atom stereocenters. The molecule has 0 bridgehead atoms. The average molecular weight is 428 g/mol. The van der Waals surface area contributed by atoms with Crippen molar-refractivity contribution in [2.24, 2.45) is 11.7 Å². The summed E-state index contributed by atoms with van der Waals surface area (Å²) in [7, 11) is 0. The molecule has 152 valence electrons. The lowest BCUT2D eigenvalue weighted by Crippen LogP contribution is -2.56. The number of primary amides is 1.